The highest BCUT2D eigenvalue weighted by atomic mass is 14.2. The third-order valence-electron chi connectivity index (χ3n) is 2.43. The average Bonchev–Trinajstić information content (AvgIpc) is 2.18. The number of hydrogen-bond donors (Lipinski definition) is 0. The number of rotatable bonds is 2. The molecule has 0 saturated carbocycles. The van der Waals surface area contributed by atoms with Crippen molar-refractivity contribution in [1.29, 1.82) is 0 Å². The van der Waals surface area contributed by atoms with Gasteiger partial charge in [-0.25, -0.2) is 0 Å². The van der Waals surface area contributed by atoms with Crippen LogP contribution in [0.1, 0.15) is 40.5 Å². The van der Waals surface area contributed by atoms with E-state index in [4.69, 9.17) is 0 Å². The van der Waals surface area contributed by atoms with Crippen LogP contribution in [0.25, 0.3) is 0 Å². The second-order valence-corrected chi connectivity index (χ2v) is 3.92. The SMILES string of the molecule is CC1=CCC(CC(C)C)=C1C. The van der Waals surface area contributed by atoms with Gasteiger partial charge in [0.2, 0.25) is 0 Å². The summed E-state index contributed by atoms with van der Waals surface area (Å²) in [4.78, 5) is 0. The molecule has 0 amide bonds. The first-order valence-electron chi connectivity index (χ1n) is 4.47. The summed E-state index contributed by atoms with van der Waals surface area (Å²) in [7, 11) is 0. The molecule has 0 aromatic rings. The quantitative estimate of drug-likeness (QED) is 0.563. The molecule has 0 heterocycles. The molecule has 1 aliphatic carbocycles. The first-order valence-corrected chi connectivity index (χ1v) is 4.47. The highest BCUT2D eigenvalue weighted by Crippen LogP contribution is 2.29. The Bertz CT molecular complexity index is 204. The normalized spacial score (nSPS) is 18.1. The summed E-state index contributed by atoms with van der Waals surface area (Å²) in [5, 5.41) is 0. The van der Waals surface area contributed by atoms with E-state index in [0.717, 1.165) is 5.92 Å². The lowest BCUT2D eigenvalue weighted by molar-refractivity contribution is 0.634. The van der Waals surface area contributed by atoms with Gasteiger partial charge in [-0.3, -0.25) is 0 Å². The zero-order valence-electron chi connectivity index (χ0n) is 8.07. The topological polar surface area (TPSA) is 0 Å². The Labute approximate surface area is 70.0 Å². The number of hydrogen-bond acceptors (Lipinski definition) is 0. The minimum absolute atomic E-state index is 0.805. The van der Waals surface area contributed by atoms with Crippen molar-refractivity contribution in [2.75, 3.05) is 0 Å². The molecule has 0 N–H and O–H groups in total. The summed E-state index contributed by atoms with van der Waals surface area (Å²) in [5.74, 6) is 0.805. The van der Waals surface area contributed by atoms with Crippen LogP contribution in [0.2, 0.25) is 0 Å². The van der Waals surface area contributed by atoms with Gasteiger partial charge in [-0.15, -0.1) is 0 Å². The van der Waals surface area contributed by atoms with E-state index in [2.05, 4.69) is 33.8 Å². The lowest BCUT2D eigenvalue weighted by Crippen LogP contribution is -1.91. The van der Waals surface area contributed by atoms with Crippen molar-refractivity contribution in [3.8, 4) is 0 Å². The zero-order chi connectivity index (χ0) is 8.43. The molecule has 0 aliphatic heterocycles. The van der Waals surface area contributed by atoms with Crippen molar-refractivity contribution < 1.29 is 0 Å². The minimum Gasteiger partial charge on any atom is -0.0772 e. The second kappa shape index (κ2) is 3.25. The van der Waals surface area contributed by atoms with Gasteiger partial charge in [-0.2, -0.15) is 0 Å². The van der Waals surface area contributed by atoms with Gasteiger partial charge in [-0.05, 0) is 38.2 Å². The fraction of sp³-hybridized carbons (Fsp3) is 0.636. The zero-order valence-corrected chi connectivity index (χ0v) is 8.07. The van der Waals surface area contributed by atoms with E-state index in [1.54, 1.807) is 11.1 Å². The molecule has 0 atom stereocenters. The van der Waals surface area contributed by atoms with Crippen LogP contribution in [0, 0.1) is 5.92 Å². The second-order valence-electron chi connectivity index (χ2n) is 3.92. The van der Waals surface area contributed by atoms with Crippen molar-refractivity contribution >= 4 is 0 Å². The lowest BCUT2D eigenvalue weighted by atomic mass is 9.99. The van der Waals surface area contributed by atoms with Crippen LogP contribution in [0.15, 0.2) is 22.8 Å². The van der Waals surface area contributed by atoms with Gasteiger partial charge in [0.25, 0.3) is 0 Å². The average molecular weight is 150 g/mol. The van der Waals surface area contributed by atoms with Gasteiger partial charge < -0.3 is 0 Å². The Morgan fingerprint density at radius 2 is 2.00 bits per heavy atom. The Morgan fingerprint density at radius 3 is 2.36 bits per heavy atom. The third kappa shape index (κ3) is 1.95. The van der Waals surface area contributed by atoms with Crippen LogP contribution in [0.3, 0.4) is 0 Å². The largest absolute Gasteiger partial charge is 0.0772 e. The molecular weight excluding hydrogens is 132 g/mol. The van der Waals surface area contributed by atoms with Crippen molar-refractivity contribution in [1.82, 2.24) is 0 Å². The maximum Gasteiger partial charge on any atom is -0.0127 e. The molecule has 0 fully saturated rings. The van der Waals surface area contributed by atoms with E-state index in [-0.39, 0.29) is 0 Å². The molecule has 0 radical (unpaired) electrons. The Hall–Kier alpha value is -0.520. The smallest absolute Gasteiger partial charge is 0.0127 e. The summed E-state index contributed by atoms with van der Waals surface area (Å²) in [6.45, 7) is 9.03. The standard InChI is InChI=1S/C11H18/c1-8(2)7-11-6-5-9(3)10(11)4/h5,8H,6-7H2,1-4H3. The lowest BCUT2D eigenvalue weighted by Gasteiger charge is -2.07. The molecule has 0 bridgehead atoms. The summed E-state index contributed by atoms with van der Waals surface area (Å²) < 4.78 is 0. The van der Waals surface area contributed by atoms with E-state index >= 15 is 0 Å². The fourth-order valence-corrected chi connectivity index (χ4v) is 1.59. The van der Waals surface area contributed by atoms with Crippen molar-refractivity contribution in [3.63, 3.8) is 0 Å². The molecule has 0 heteroatoms. The summed E-state index contributed by atoms with van der Waals surface area (Å²) in [6.07, 6.45) is 4.82. The van der Waals surface area contributed by atoms with Gasteiger partial charge in [-0.1, -0.05) is 31.1 Å². The monoisotopic (exact) mass is 150 g/mol. The van der Waals surface area contributed by atoms with Gasteiger partial charge in [0.05, 0.1) is 0 Å². The Kier molecular flexibility index (Phi) is 2.53. The third-order valence-corrected chi connectivity index (χ3v) is 2.43. The molecule has 1 aliphatic rings. The van der Waals surface area contributed by atoms with Crippen LogP contribution >= 0.6 is 0 Å². The van der Waals surface area contributed by atoms with Gasteiger partial charge in [0.1, 0.15) is 0 Å². The molecule has 0 saturated heterocycles. The van der Waals surface area contributed by atoms with E-state index in [0.29, 0.717) is 0 Å². The highest BCUT2D eigenvalue weighted by Gasteiger charge is 2.10. The minimum atomic E-state index is 0.805. The van der Waals surface area contributed by atoms with Crippen molar-refractivity contribution in [2.45, 2.75) is 40.5 Å². The van der Waals surface area contributed by atoms with E-state index in [1.165, 1.54) is 18.4 Å². The number of allylic oxidation sites excluding steroid dienone is 4. The summed E-state index contributed by atoms with van der Waals surface area (Å²) >= 11 is 0. The maximum absolute atomic E-state index is 2.34. The molecule has 11 heavy (non-hydrogen) atoms. The fourth-order valence-electron chi connectivity index (χ4n) is 1.59. The van der Waals surface area contributed by atoms with Gasteiger partial charge in [0, 0.05) is 0 Å². The first kappa shape index (κ1) is 8.58. The van der Waals surface area contributed by atoms with Crippen LogP contribution < -0.4 is 0 Å². The molecule has 0 unspecified atom stereocenters. The van der Waals surface area contributed by atoms with Crippen molar-refractivity contribution in [3.05, 3.63) is 22.8 Å². The molecule has 1 rings (SSSR count). The Morgan fingerprint density at radius 1 is 1.36 bits per heavy atom. The molecule has 0 aromatic heterocycles. The molecule has 0 aromatic carbocycles. The predicted molar refractivity (Wildman–Crippen MR) is 50.5 cm³/mol. The van der Waals surface area contributed by atoms with Crippen LogP contribution in [0.4, 0.5) is 0 Å². The van der Waals surface area contributed by atoms with Crippen molar-refractivity contribution in [2.24, 2.45) is 5.92 Å². The van der Waals surface area contributed by atoms with Crippen LogP contribution in [-0.4, -0.2) is 0 Å². The van der Waals surface area contributed by atoms with E-state index in [1.807, 2.05) is 0 Å². The van der Waals surface area contributed by atoms with Gasteiger partial charge in [0.15, 0.2) is 0 Å². The molecule has 0 spiro atoms. The molecule has 0 nitrogen and oxygen atoms in total. The van der Waals surface area contributed by atoms with Gasteiger partial charge >= 0.3 is 0 Å². The summed E-state index contributed by atoms with van der Waals surface area (Å²) in [5.41, 5.74) is 4.68. The van der Waals surface area contributed by atoms with Crippen LogP contribution in [-0.2, 0) is 0 Å². The predicted octanol–water partition coefficient (Wildman–Crippen LogP) is 3.70. The van der Waals surface area contributed by atoms with E-state index in [9.17, 15) is 0 Å². The molecule has 62 valence electrons. The first-order chi connectivity index (χ1) is 5.11. The Balaban J connectivity index is 2.63. The van der Waals surface area contributed by atoms with Crippen LogP contribution in [0.5, 0.6) is 0 Å². The highest BCUT2D eigenvalue weighted by molar-refractivity contribution is 5.39. The molecular formula is C11H18. The summed E-state index contributed by atoms with van der Waals surface area (Å²) in [6, 6.07) is 0. The van der Waals surface area contributed by atoms with E-state index < -0.39 is 0 Å². The maximum atomic E-state index is 2.34.